The average molecular weight is 272 g/mol. The maximum atomic E-state index is 14.1. The molecule has 1 rings (SSSR count). The van der Waals surface area contributed by atoms with Crippen molar-refractivity contribution in [3.8, 4) is 0 Å². The van der Waals surface area contributed by atoms with Gasteiger partial charge < -0.3 is 10.6 Å². The van der Waals surface area contributed by atoms with Crippen LogP contribution in [0.1, 0.15) is 59.8 Å². The van der Waals surface area contributed by atoms with E-state index in [2.05, 4.69) is 18.4 Å². The monoisotopic (exact) mass is 272 g/mol. The highest BCUT2D eigenvalue weighted by Gasteiger charge is 2.33. The van der Waals surface area contributed by atoms with Crippen molar-refractivity contribution in [2.45, 2.75) is 65.5 Å². The first-order valence-electron chi connectivity index (χ1n) is 7.89. The van der Waals surface area contributed by atoms with E-state index in [0.29, 0.717) is 31.7 Å². The van der Waals surface area contributed by atoms with Gasteiger partial charge >= 0.3 is 0 Å². The molecule has 3 heteroatoms. The summed E-state index contributed by atoms with van der Waals surface area (Å²) < 4.78 is 14.1. The predicted molar refractivity (Wildman–Crippen MR) is 82.9 cm³/mol. The molecule has 0 aromatic rings. The second-order valence-corrected chi connectivity index (χ2v) is 5.17. The van der Waals surface area contributed by atoms with Gasteiger partial charge in [-0.25, -0.2) is 4.39 Å². The van der Waals surface area contributed by atoms with Crippen LogP contribution in [-0.4, -0.2) is 30.2 Å². The Morgan fingerprint density at radius 3 is 2.21 bits per heavy atom. The van der Waals surface area contributed by atoms with E-state index in [4.69, 9.17) is 5.73 Å². The van der Waals surface area contributed by atoms with E-state index in [0.717, 1.165) is 31.6 Å². The number of rotatable bonds is 6. The molecule has 2 nitrogen and oxygen atoms in total. The minimum atomic E-state index is -0.938. The Hall–Kier alpha value is -0.570. The Labute approximate surface area is 119 Å². The predicted octanol–water partition coefficient (Wildman–Crippen LogP) is 4.12. The number of nitrogens with zero attached hydrogens (tertiary/aromatic N) is 1. The first-order chi connectivity index (χ1) is 9.06. The van der Waals surface area contributed by atoms with Crippen LogP contribution in [0.4, 0.5) is 4.39 Å². The Morgan fingerprint density at radius 1 is 1.32 bits per heavy atom. The second-order valence-electron chi connectivity index (χ2n) is 5.17. The Balaban J connectivity index is 0.00000154. The molecule has 0 saturated carbocycles. The lowest BCUT2D eigenvalue weighted by Crippen LogP contribution is -2.42. The van der Waals surface area contributed by atoms with Gasteiger partial charge in [0.25, 0.3) is 0 Å². The molecule has 1 unspecified atom stereocenters. The molecule has 0 radical (unpaired) electrons. The number of likely N-dealkylation sites (tertiary alicyclic amines) is 1. The van der Waals surface area contributed by atoms with E-state index < -0.39 is 5.67 Å². The molecule has 0 bridgehead atoms. The number of nitrogens with two attached hydrogens (primary N) is 1. The fourth-order valence-electron chi connectivity index (χ4n) is 2.61. The third-order valence-corrected chi connectivity index (χ3v) is 4.18. The van der Waals surface area contributed by atoms with Gasteiger partial charge in [-0.2, -0.15) is 0 Å². The summed E-state index contributed by atoms with van der Waals surface area (Å²) in [5.41, 5.74) is 5.84. The quantitative estimate of drug-likeness (QED) is 0.788. The molecule has 0 amide bonds. The highest BCUT2D eigenvalue weighted by atomic mass is 19.1. The molecule has 0 aromatic heterocycles. The van der Waals surface area contributed by atoms with E-state index in [1.165, 1.54) is 0 Å². The van der Waals surface area contributed by atoms with E-state index >= 15 is 0 Å². The topological polar surface area (TPSA) is 29.3 Å². The highest BCUT2D eigenvalue weighted by molar-refractivity contribution is 5.03. The first-order valence-corrected chi connectivity index (χ1v) is 7.89. The summed E-state index contributed by atoms with van der Waals surface area (Å²) in [7, 11) is 0. The van der Waals surface area contributed by atoms with E-state index in [1.807, 2.05) is 20.8 Å². The maximum Gasteiger partial charge on any atom is 0.114 e. The lowest BCUT2D eigenvalue weighted by Gasteiger charge is -2.40. The lowest BCUT2D eigenvalue weighted by atomic mass is 9.89. The van der Waals surface area contributed by atoms with Crippen molar-refractivity contribution < 1.29 is 4.39 Å². The van der Waals surface area contributed by atoms with Crippen LogP contribution < -0.4 is 5.73 Å². The van der Waals surface area contributed by atoms with Crippen LogP contribution in [0.5, 0.6) is 0 Å². The van der Waals surface area contributed by atoms with Crippen LogP contribution >= 0.6 is 0 Å². The normalized spacial score (nSPS) is 19.4. The first kappa shape index (κ1) is 18.4. The third kappa shape index (κ3) is 5.52. The van der Waals surface area contributed by atoms with Gasteiger partial charge in [0.05, 0.1) is 0 Å². The van der Waals surface area contributed by atoms with Crippen LogP contribution in [0.15, 0.2) is 12.3 Å². The van der Waals surface area contributed by atoms with E-state index in [-0.39, 0.29) is 0 Å². The summed E-state index contributed by atoms with van der Waals surface area (Å²) >= 11 is 0. The zero-order valence-corrected chi connectivity index (χ0v) is 13.3. The van der Waals surface area contributed by atoms with Crippen LogP contribution in [0, 0.1) is 5.92 Å². The molecule has 114 valence electrons. The molecule has 1 atom stereocenters. The number of halogens is 1. The van der Waals surface area contributed by atoms with Crippen molar-refractivity contribution in [3.05, 3.63) is 12.3 Å². The minimum absolute atomic E-state index is 0.466. The van der Waals surface area contributed by atoms with Crippen molar-refractivity contribution in [2.75, 3.05) is 19.6 Å². The Bertz CT molecular complexity index is 245. The second kappa shape index (κ2) is 9.35. The average Bonchev–Trinajstić information content (AvgIpc) is 2.47. The van der Waals surface area contributed by atoms with Crippen molar-refractivity contribution in [3.63, 3.8) is 0 Å². The third-order valence-electron chi connectivity index (χ3n) is 4.18. The van der Waals surface area contributed by atoms with Crippen molar-refractivity contribution in [1.82, 2.24) is 4.90 Å². The summed E-state index contributed by atoms with van der Waals surface area (Å²) in [6, 6.07) is 0. The summed E-state index contributed by atoms with van der Waals surface area (Å²) in [4.78, 5) is 2.26. The number of alkyl halides is 1. The standard InChI is InChI=1S/C14H27FN2.C2H6/c1-4-13(6-9-16)12(3)17-10-7-14(15,5-2)8-11-17;1-2/h13H,3-11,16H2,1-2H3;1-2H3. The van der Waals surface area contributed by atoms with Crippen LogP contribution in [0.25, 0.3) is 0 Å². The smallest absolute Gasteiger partial charge is 0.114 e. The maximum absolute atomic E-state index is 14.1. The van der Waals surface area contributed by atoms with Crippen molar-refractivity contribution in [1.29, 1.82) is 0 Å². The molecule has 1 aliphatic heterocycles. The summed E-state index contributed by atoms with van der Waals surface area (Å²) in [6.07, 6.45) is 3.97. The largest absolute Gasteiger partial charge is 0.375 e. The SMILES string of the molecule is C=C(C(CC)CCN)N1CCC(F)(CC)CC1.CC. The van der Waals surface area contributed by atoms with E-state index in [1.54, 1.807) is 0 Å². The molecule has 2 N–H and O–H groups in total. The van der Waals surface area contributed by atoms with Crippen molar-refractivity contribution in [2.24, 2.45) is 11.7 Å². The molecule has 0 aromatic carbocycles. The molecule has 1 fully saturated rings. The highest BCUT2D eigenvalue weighted by Crippen LogP contribution is 2.32. The van der Waals surface area contributed by atoms with Gasteiger partial charge in [-0.05, 0) is 44.6 Å². The molecular weight excluding hydrogens is 239 g/mol. The van der Waals surface area contributed by atoms with Gasteiger partial charge in [0.2, 0.25) is 0 Å². The van der Waals surface area contributed by atoms with Crippen LogP contribution in [0.2, 0.25) is 0 Å². The zero-order valence-electron chi connectivity index (χ0n) is 13.3. The minimum Gasteiger partial charge on any atom is -0.375 e. The molecular formula is C16H33FN2. The fraction of sp³-hybridized carbons (Fsp3) is 0.875. The van der Waals surface area contributed by atoms with Gasteiger partial charge in [-0.3, -0.25) is 0 Å². The van der Waals surface area contributed by atoms with E-state index in [9.17, 15) is 4.39 Å². The number of hydrogen-bond acceptors (Lipinski definition) is 2. The van der Waals surface area contributed by atoms with Crippen LogP contribution in [-0.2, 0) is 0 Å². The molecule has 19 heavy (non-hydrogen) atoms. The van der Waals surface area contributed by atoms with Crippen molar-refractivity contribution >= 4 is 0 Å². The molecule has 1 heterocycles. The zero-order chi connectivity index (χ0) is 14.9. The molecule has 0 spiro atoms. The van der Waals surface area contributed by atoms with Gasteiger partial charge in [-0.1, -0.05) is 34.3 Å². The molecule has 1 aliphatic rings. The number of piperidine rings is 1. The molecule has 0 aliphatic carbocycles. The fourth-order valence-corrected chi connectivity index (χ4v) is 2.61. The summed E-state index contributed by atoms with van der Waals surface area (Å²) in [5.74, 6) is 0.466. The Kier molecular flexibility index (Phi) is 9.07. The number of allylic oxidation sites excluding steroid dienone is 1. The van der Waals surface area contributed by atoms with Gasteiger partial charge in [0.1, 0.15) is 5.67 Å². The van der Waals surface area contributed by atoms with Gasteiger partial charge in [0, 0.05) is 18.8 Å². The Morgan fingerprint density at radius 2 is 1.84 bits per heavy atom. The van der Waals surface area contributed by atoms with Gasteiger partial charge in [0.15, 0.2) is 0 Å². The van der Waals surface area contributed by atoms with Gasteiger partial charge in [-0.15, -0.1) is 0 Å². The summed E-state index contributed by atoms with van der Waals surface area (Å²) in [5, 5.41) is 0. The number of hydrogen-bond donors (Lipinski definition) is 1. The molecule has 1 saturated heterocycles. The van der Waals surface area contributed by atoms with Crippen LogP contribution in [0.3, 0.4) is 0 Å². The summed E-state index contributed by atoms with van der Waals surface area (Å²) in [6.45, 7) is 14.6. The lowest BCUT2D eigenvalue weighted by molar-refractivity contribution is 0.0641.